The van der Waals surface area contributed by atoms with Gasteiger partial charge in [-0.1, -0.05) is 41.9 Å². The Balaban J connectivity index is 2.20. The molecule has 0 aliphatic rings. The number of halogens is 1. The topological polar surface area (TPSA) is 40.5 Å². The molecule has 4 heteroatoms. The zero-order valence-electron chi connectivity index (χ0n) is 11.9. The van der Waals surface area contributed by atoms with Crippen LogP contribution in [0.4, 0.5) is 0 Å². The monoisotopic (exact) mass is 303 g/mol. The number of nitrogens with zero attached hydrogens (tertiary/aromatic N) is 1. The molecule has 0 atom stereocenters. The van der Waals surface area contributed by atoms with Gasteiger partial charge in [0.1, 0.15) is 0 Å². The molecule has 0 aromatic heterocycles. The Morgan fingerprint density at radius 2 is 1.90 bits per heavy atom. The van der Waals surface area contributed by atoms with E-state index in [-0.39, 0.29) is 12.5 Å². The van der Waals surface area contributed by atoms with Gasteiger partial charge in [0, 0.05) is 23.7 Å². The molecule has 0 unspecified atom stereocenters. The van der Waals surface area contributed by atoms with Gasteiger partial charge < -0.3 is 10.0 Å². The van der Waals surface area contributed by atoms with Crippen molar-refractivity contribution in [1.29, 1.82) is 0 Å². The second kappa shape index (κ2) is 7.25. The Kier molecular flexibility index (Phi) is 5.37. The second-order valence-electron chi connectivity index (χ2n) is 4.90. The van der Waals surface area contributed by atoms with Crippen LogP contribution in [0.5, 0.6) is 0 Å². The average molecular weight is 304 g/mol. The van der Waals surface area contributed by atoms with Gasteiger partial charge in [-0.05, 0) is 36.2 Å². The Morgan fingerprint density at radius 1 is 1.19 bits per heavy atom. The predicted octanol–water partition coefficient (Wildman–Crippen LogP) is 3.28. The molecule has 2 aromatic carbocycles. The SMILES string of the molecule is Cc1cc(C(=O)N(CCO)Cc2ccccc2)ccc1Cl. The molecule has 0 fully saturated rings. The van der Waals surface area contributed by atoms with Crippen molar-refractivity contribution in [3.8, 4) is 0 Å². The van der Waals surface area contributed by atoms with Crippen LogP contribution in [-0.4, -0.2) is 29.1 Å². The molecule has 21 heavy (non-hydrogen) atoms. The van der Waals surface area contributed by atoms with Crippen molar-refractivity contribution in [2.24, 2.45) is 0 Å². The molecule has 0 radical (unpaired) electrons. The third kappa shape index (κ3) is 4.06. The third-order valence-electron chi connectivity index (χ3n) is 3.28. The lowest BCUT2D eigenvalue weighted by Gasteiger charge is -2.22. The minimum absolute atomic E-state index is 0.0643. The van der Waals surface area contributed by atoms with Crippen molar-refractivity contribution in [1.82, 2.24) is 4.90 Å². The summed E-state index contributed by atoms with van der Waals surface area (Å²) >= 11 is 5.99. The van der Waals surface area contributed by atoms with Crippen molar-refractivity contribution >= 4 is 17.5 Å². The minimum Gasteiger partial charge on any atom is -0.395 e. The average Bonchev–Trinajstić information content (AvgIpc) is 2.50. The highest BCUT2D eigenvalue weighted by Crippen LogP contribution is 2.18. The number of rotatable bonds is 5. The smallest absolute Gasteiger partial charge is 0.254 e. The lowest BCUT2D eigenvalue weighted by atomic mass is 10.1. The van der Waals surface area contributed by atoms with E-state index in [9.17, 15) is 9.90 Å². The van der Waals surface area contributed by atoms with Crippen molar-refractivity contribution in [3.63, 3.8) is 0 Å². The fraction of sp³-hybridized carbons (Fsp3) is 0.235. The number of benzene rings is 2. The summed E-state index contributed by atoms with van der Waals surface area (Å²) < 4.78 is 0. The fourth-order valence-corrected chi connectivity index (χ4v) is 2.25. The Hall–Kier alpha value is -1.84. The summed E-state index contributed by atoms with van der Waals surface area (Å²) in [7, 11) is 0. The number of hydrogen-bond acceptors (Lipinski definition) is 2. The quantitative estimate of drug-likeness (QED) is 0.921. The zero-order valence-corrected chi connectivity index (χ0v) is 12.7. The van der Waals surface area contributed by atoms with E-state index in [0.29, 0.717) is 23.7 Å². The summed E-state index contributed by atoms with van der Waals surface area (Å²) in [5, 5.41) is 9.84. The lowest BCUT2D eigenvalue weighted by Crippen LogP contribution is -2.33. The molecule has 110 valence electrons. The summed E-state index contributed by atoms with van der Waals surface area (Å²) in [4.78, 5) is 14.2. The Labute approximate surface area is 129 Å². The second-order valence-corrected chi connectivity index (χ2v) is 5.31. The molecule has 0 heterocycles. The molecule has 0 bridgehead atoms. The highest BCUT2D eigenvalue weighted by atomic mass is 35.5. The van der Waals surface area contributed by atoms with Gasteiger partial charge in [-0.25, -0.2) is 0 Å². The number of aliphatic hydroxyl groups is 1. The normalized spacial score (nSPS) is 10.4. The van der Waals surface area contributed by atoms with Gasteiger partial charge in [0.2, 0.25) is 0 Å². The van der Waals surface area contributed by atoms with Gasteiger partial charge in [-0.2, -0.15) is 0 Å². The first-order chi connectivity index (χ1) is 10.1. The van der Waals surface area contributed by atoms with Crippen LogP contribution >= 0.6 is 11.6 Å². The van der Waals surface area contributed by atoms with Crippen LogP contribution in [0.1, 0.15) is 21.5 Å². The first kappa shape index (κ1) is 15.5. The number of aryl methyl sites for hydroxylation is 1. The van der Waals surface area contributed by atoms with Crippen LogP contribution < -0.4 is 0 Å². The molecular formula is C17H18ClNO2. The number of carbonyl (C=O) groups excluding carboxylic acids is 1. The molecule has 1 amide bonds. The van der Waals surface area contributed by atoms with E-state index < -0.39 is 0 Å². The van der Waals surface area contributed by atoms with E-state index >= 15 is 0 Å². The van der Waals surface area contributed by atoms with Crippen molar-refractivity contribution in [2.45, 2.75) is 13.5 Å². The molecule has 0 aliphatic carbocycles. The van der Waals surface area contributed by atoms with E-state index in [2.05, 4.69) is 0 Å². The molecule has 1 N–H and O–H groups in total. The predicted molar refractivity (Wildman–Crippen MR) is 84.5 cm³/mol. The van der Waals surface area contributed by atoms with Crippen molar-refractivity contribution < 1.29 is 9.90 Å². The highest BCUT2D eigenvalue weighted by Gasteiger charge is 2.16. The van der Waals surface area contributed by atoms with Crippen LogP contribution in [0, 0.1) is 6.92 Å². The van der Waals surface area contributed by atoms with Crippen LogP contribution in [0.25, 0.3) is 0 Å². The van der Waals surface area contributed by atoms with Gasteiger partial charge in [0.15, 0.2) is 0 Å². The Morgan fingerprint density at radius 3 is 2.52 bits per heavy atom. The number of hydrogen-bond donors (Lipinski definition) is 1. The maximum absolute atomic E-state index is 12.6. The minimum atomic E-state index is -0.104. The first-order valence-corrected chi connectivity index (χ1v) is 7.20. The van der Waals surface area contributed by atoms with Crippen LogP contribution in [-0.2, 0) is 6.54 Å². The number of carbonyl (C=O) groups is 1. The standard InChI is InChI=1S/C17H18ClNO2/c1-13-11-15(7-8-16(13)18)17(21)19(9-10-20)12-14-5-3-2-4-6-14/h2-8,11,20H,9-10,12H2,1H3. The maximum Gasteiger partial charge on any atom is 0.254 e. The van der Waals surface area contributed by atoms with Crippen LogP contribution in [0.3, 0.4) is 0 Å². The molecule has 2 rings (SSSR count). The van der Waals surface area contributed by atoms with Gasteiger partial charge >= 0.3 is 0 Å². The van der Waals surface area contributed by atoms with Crippen LogP contribution in [0.15, 0.2) is 48.5 Å². The van der Waals surface area contributed by atoms with Gasteiger partial charge in [-0.15, -0.1) is 0 Å². The third-order valence-corrected chi connectivity index (χ3v) is 3.70. The van der Waals surface area contributed by atoms with Crippen LogP contribution in [0.2, 0.25) is 5.02 Å². The molecule has 0 saturated heterocycles. The zero-order chi connectivity index (χ0) is 15.2. The Bertz CT molecular complexity index is 613. The molecule has 3 nitrogen and oxygen atoms in total. The molecular weight excluding hydrogens is 286 g/mol. The van der Waals surface area contributed by atoms with Gasteiger partial charge in [-0.3, -0.25) is 4.79 Å². The van der Waals surface area contributed by atoms with Crippen molar-refractivity contribution in [3.05, 3.63) is 70.2 Å². The molecule has 0 spiro atoms. The number of amides is 1. The summed E-state index contributed by atoms with van der Waals surface area (Å²) in [5.74, 6) is -0.104. The van der Waals surface area contributed by atoms with E-state index in [1.807, 2.05) is 37.3 Å². The molecule has 0 saturated carbocycles. The lowest BCUT2D eigenvalue weighted by molar-refractivity contribution is 0.0708. The van der Waals surface area contributed by atoms with E-state index in [1.165, 1.54) is 0 Å². The van der Waals surface area contributed by atoms with E-state index in [1.54, 1.807) is 23.1 Å². The first-order valence-electron chi connectivity index (χ1n) is 6.82. The van der Waals surface area contributed by atoms with Crippen molar-refractivity contribution in [2.75, 3.05) is 13.2 Å². The summed E-state index contributed by atoms with van der Waals surface area (Å²) in [6.45, 7) is 2.58. The van der Waals surface area contributed by atoms with Gasteiger partial charge in [0.25, 0.3) is 5.91 Å². The van der Waals surface area contributed by atoms with E-state index in [0.717, 1.165) is 11.1 Å². The largest absolute Gasteiger partial charge is 0.395 e. The summed E-state index contributed by atoms with van der Waals surface area (Å²) in [5.41, 5.74) is 2.48. The summed E-state index contributed by atoms with van der Waals surface area (Å²) in [6.07, 6.45) is 0. The van der Waals surface area contributed by atoms with Gasteiger partial charge in [0.05, 0.1) is 6.61 Å². The molecule has 2 aromatic rings. The highest BCUT2D eigenvalue weighted by molar-refractivity contribution is 6.31. The number of aliphatic hydroxyl groups excluding tert-OH is 1. The fourth-order valence-electron chi connectivity index (χ4n) is 2.14. The maximum atomic E-state index is 12.6. The summed E-state index contributed by atoms with van der Waals surface area (Å²) in [6, 6.07) is 14.9. The van der Waals surface area contributed by atoms with E-state index in [4.69, 9.17) is 11.6 Å². The molecule has 0 aliphatic heterocycles.